The van der Waals surface area contributed by atoms with Gasteiger partial charge in [-0.25, -0.2) is 4.39 Å². The lowest BCUT2D eigenvalue weighted by Crippen LogP contribution is -2.54. The Morgan fingerprint density at radius 3 is 2.48 bits per heavy atom. The predicted molar refractivity (Wildman–Crippen MR) is 91.9 cm³/mol. The first-order valence-corrected chi connectivity index (χ1v) is 7.98. The molecule has 1 saturated heterocycles. The summed E-state index contributed by atoms with van der Waals surface area (Å²) in [6, 6.07) is 8.63. The highest BCUT2D eigenvalue weighted by Crippen LogP contribution is 2.26. The topological polar surface area (TPSA) is 49.4 Å². The third-order valence-corrected chi connectivity index (χ3v) is 4.53. The molecular weight excluding hydrogens is 359 g/mol. The second kappa shape index (κ2) is 6.19. The van der Waals surface area contributed by atoms with Crippen LogP contribution in [0.3, 0.4) is 0 Å². The first kappa shape index (κ1) is 15.8. The fraction of sp³-hybridized carbons (Fsp3) is 0. The number of hydrogen-bond donors (Lipinski definition) is 1. The summed E-state index contributed by atoms with van der Waals surface area (Å²) in [6.45, 7) is 0. The van der Waals surface area contributed by atoms with E-state index in [-0.39, 0.29) is 10.7 Å². The zero-order chi connectivity index (χ0) is 16.6. The van der Waals surface area contributed by atoms with Crippen molar-refractivity contribution in [3.05, 3.63) is 57.0 Å². The van der Waals surface area contributed by atoms with Crippen molar-refractivity contribution in [2.45, 2.75) is 0 Å². The molecular formula is C15H8ClFN2O2S2. The number of rotatable bonds is 2. The predicted octanol–water partition coefficient (Wildman–Crippen LogP) is 3.37. The summed E-state index contributed by atoms with van der Waals surface area (Å²) < 4.78 is 13.6. The van der Waals surface area contributed by atoms with Crippen molar-refractivity contribution >= 4 is 63.8 Å². The van der Waals surface area contributed by atoms with Crippen LogP contribution < -0.4 is 10.2 Å². The number of nitrogens with one attached hydrogen (secondary N) is 1. The number of amides is 2. The van der Waals surface area contributed by atoms with Gasteiger partial charge in [-0.1, -0.05) is 11.6 Å². The summed E-state index contributed by atoms with van der Waals surface area (Å²) in [5.74, 6) is -1.59. The summed E-state index contributed by atoms with van der Waals surface area (Å²) in [5, 5.41) is 2.41. The molecule has 0 spiro atoms. The highest BCUT2D eigenvalue weighted by molar-refractivity contribution is 7.80. The summed E-state index contributed by atoms with van der Waals surface area (Å²) >= 11 is 12.1. The first-order chi connectivity index (χ1) is 11.0. The van der Waals surface area contributed by atoms with Gasteiger partial charge in [0.15, 0.2) is 5.11 Å². The lowest BCUT2D eigenvalue weighted by molar-refractivity contribution is -0.122. The third kappa shape index (κ3) is 3.17. The van der Waals surface area contributed by atoms with E-state index in [9.17, 15) is 14.0 Å². The molecule has 1 aromatic carbocycles. The van der Waals surface area contributed by atoms with E-state index >= 15 is 0 Å². The van der Waals surface area contributed by atoms with Crippen LogP contribution in [-0.2, 0) is 9.59 Å². The molecule has 0 atom stereocenters. The number of thiocarbonyl (C=S) groups is 1. The number of anilines is 1. The second-order valence-corrected chi connectivity index (χ2v) is 6.71. The van der Waals surface area contributed by atoms with Crippen molar-refractivity contribution in [3.8, 4) is 0 Å². The molecule has 23 heavy (non-hydrogen) atoms. The van der Waals surface area contributed by atoms with Gasteiger partial charge in [0.1, 0.15) is 11.4 Å². The number of halogens is 2. The Balaban J connectivity index is 2.00. The van der Waals surface area contributed by atoms with Crippen molar-refractivity contribution in [2.24, 2.45) is 0 Å². The van der Waals surface area contributed by atoms with Gasteiger partial charge >= 0.3 is 0 Å². The zero-order valence-electron chi connectivity index (χ0n) is 11.4. The van der Waals surface area contributed by atoms with Crippen molar-refractivity contribution in [1.29, 1.82) is 0 Å². The van der Waals surface area contributed by atoms with Crippen LogP contribution in [0.1, 0.15) is 4.88 Å². The lowest BCUT2D eigenvalue weighted by Gasteiger charge is -2.28. The molecule has 4 nitrogen and oxygen atoms in total. The Bertz CT molecular complexity index is 845. The minimum atomic E-state index is -0.581. The molecule has 2 heterocycles. The maximum atomic E-state index is 13.0. The lowest BCUT2D eigenvalue weighted by atomic mass is 10.1. The maximum absolute atomic E-state index is 13.0. The van der Waals surface area contributed by atoms with E-state index < -0.39 is 17.6 Å². The Kier molecular flexibility index (Phi) is 4.25. The molecule has 1 aromatic heterocycles. The van der Waals surface area contributed by atoms with E-state index in [4.69, 9.17) is 23.8 Å². The molecule has 8 heteroatoms. The average Bonchev–Trinajstić information content (AvgIpc) is 2.91. The van der Waals surface area contributed by atoms with Crippen molar-refractivity contribution in [2.75, 3.05) is 4.90 Å². The van der Waals surface area contributed by atoms with Crippen LogP contribution in [0.5, 0.6) is 0 Å². The molecule has 116 valence electrons. The van der Waals surface area contributed by atoms with Gasteiger partial charge in [-0.05, 0) is 54.7 Å². The normalized spacial score (nSPS) is 16.9. The summed E-state index contributed by atoms with van der Waals surface area (Å²) in [7, 11) is 0. The number of hydrogen-bond acceptors (Lipinski definition) is 4. The van der Waals surface area contributed by atoms with Gasteiger partial charge < -0.3 is 0 Å². The van der Waals surface area contributed by atoms with Crippen molar-refractivity contribution < 1.29 is 14.0 Å². The average molecular weight is 367 g/mol. The Morgan fingerprint density at radius 1 is 1.17 bits per heavy atom. The number of benzene rings is 1. The molecule has 3 rings (SSSR count). The number of nitrogens with zero attached hydrogens (tertiary/aromatic N) is 1. The number of carbonyl (C=O) groups excluding carboxylic acids is 2. The molecule has 0 unspecified atom stereocenters. The van der Waals surface area contributed by atoms with Gasteiger partial charge in [0.25, 0.3) is 11.8 Å². The SMILES string of the molecule is O=C1NC(=S)N(c2ccc(F)cc2)C(=O)/C1=C/c1ccc(Cl)s1. The summed E-state index contributed by atoms with van der Waals surface area (Å²) in [5.41, 5.74) is 0.304. The molecule has 1 aliphatic rings. The molecule has 0 radical (unpaired) electrons. The second-order valence-electron chi connectivity index (χ2n) is 4.58. The van der Waals surface area contributed by atoms with Crippen LogP contribution in [-0.4, -0.2) is 16.9 Å². The minimum absolute atomic E-state index is 0.0482. The number of carbonyl (C=O) groups is 2. The van der Waals surface area contributed by atoms with Gasteiger partial charge in [0, 0.05) is 4.88 Å². The fourth-order valence-corrected chi connectivity index (χ4v) is 3.32. The van der Waals surface area contributed by atoms with Crippen LogP contribution in [0.25, 0.3) is 6.08 Å². The Morgan fingerprint density at radius 2 is 1.87 bits per heavy atom. The number of thiophene rings is 1. The van der Waals surface area contributed by atoms with Crippen LogP contribution >= 0.6 is 35.2 Å². The van der Waals surface area contributed by atoms with Crippen LogP contribution in [0.2, 0.25) is 4.34 Å². The fourth-order valence-electron chi connectivity index (χ4n) is 2.03. The van der Waals surface area contributed by atoms with Gasteiger partial charge in [0.2, 0.25) is 0 Å². The van der Waals surface area contributed by atoms with Crippen molar-refractivity contribution in [3.63, 3.8) is 0 Å². The standard InChI is InChI=1S/C15H8ClFN2O2S2/c16-12-6-5-10(23-12)7-11-13(20)18-15(22)19(14(11)21)9-3-1-8(17)2-4-9/h1-7H,(H,18,20,22)/b11-7+. The molecule has 0 bridgehead atoms. The molecule has 0 aliphatic carbocycles. The largest absolute Gasteiger partial charge is 0.298 e. The third-order valence-electron chi connectivity index (χ3n) is 3.07. The van der Waals surface area contributed by atoms with E-state index in [2.05, 4.69) is 5.32 Å². The van der Waals surface area contributed by atoms with Gasteiger partial charge in [-0.15, -0.1) is 11.3 Å². The highest BCUT2D eigenvalue weighted by atomic mass is 35.5. The van der Waals surface area contributed by atoms with Gasteiger partial charge in [-0.2, -0.15) is 0 Å². The van der Waals surface area contributed by atoms with E-state index in [1.54, 1.807) is 12.1 Å². The smallest absolute Gasteiger partial charge is 0.270 e. The monoisotopic (exact) mass is 366 g/mol. The zero-order valence-corrected chi connectivity index (χ0v) is 13.8. The molecule has 2 aromatic rings. The van der Waals surface area contributed by atoms with E-state index in [1.165, 1.54) is 41.7 Å². The van der Waals surface area contributed by atoms with Gasteiger partial charge in [-0.3, -0.25) is 19.8 Å². The highest BCUT2D eigenvalue weighted by Gasteiger charge is 2.34. The minimum Gasteiger partial charge on any atom is -0.298 e. The maximum Gasteiger partial charge on any atom is 0.270 e. The molecule has 1 N–H and O–H groups in total. The molecule has 1 aliphatic heterocycles. The summed E-state index contributed by atoms with van der Waals surface area (Å²) in [4.78, 5) is 26.5. The van der Waals surface area contributed by atoms with E-state index in [0.717, 1.165) is 4.90 Å². The van der Waals surface area contributed by atoms with Crippen LogP contribution in [0.4, 0.5) is 10.1 Å². The summed E-state index contributed by atoms with van der Waals surface area (Å²) in [6.07, 6.45) is 1.45. The van der Waals surface area contributed by atoms with Crippen LogP contribution in [0, 0.1) is 5.82 Å². The molecule has 2 amide bonds. The van der Waals surface area contributed by atoms with Crippen LogP contribution in [0.15, 0.2) is 42.0 Å². The molecule has 0 saturated carbocycles. The quantitative estimate of drug-likeness (QED) is 0.503. The Labute approximate surface area is 145 Å². The Hall–Kier alpha value is -2.09. The molecule has 1 fully saturated rings. The van der Waals surface area contributed by atoms with E-state index in [0.29, 0.717) is 14.9 Å². The first-order valence-electron chi connectivity index (χ1n) is 6.38. The van der Waals surface area contributed by atoms with Crippen molar-refractivity contribution in [1.82, 2.24) is 5.32 Å². The van der Waals surface area contributed by atoms with E-state index in [1.807, 2.05) is 0 Å². The van der Waals surface area contributed by atoms with Gasteiger partial charge in [0.05, 0.1) is 10.0 Å².